The number of hydrogen-bond donors (Lipinski definition) is 1. The summed E-state index contributed by atoms with van der Waals surface area (Å²) in [5.74, 6) is 1.33. The van der Waals surface area contributed by atoms with Crippen molar-refractivity contribution in [2.75, 3.05) is 39.3 Å². The molecular formula is C27H31ClF3N5O. The first-order valence-corrected chi connectivity index (χ1v) is 13.1. The molecule has 0 spiro atoms. The van der Waals surface area contributed by atoms with Crippen molar-refractivity contribution in [3.8, 4) is 0 Å². The molecule has 1 N–H and O–H groups in total. The Labute approximate surface area is 219 Å². The molecule has 0 unspecified atom stereocenters. The van der Waals surface area contributed by atoms with Crippen LogP contribution < -0.4 is 5.32 Å². The zero-order chi connectivity index (χ0) is 25.9. The molecule has 1 aliphatic carbocycles. The van der Waals surface area contributed by atoms with Crippen LogP contribution >= 0.6 is 11.6 Å². The average Bonchev–Trinajstić information content (AvgIpc) is 3.32. The van der Waals surface area contributed by atoms with Crippen LogP contribution in [-0.2, 0) is 24.7 Å². The summed E-state index contributed by atoms with van der Waals surface area (Å²) in [4.78, 5) is 9.26. The molecular weight excluding hydrogens is 503 g/mol. The fraction of sp³-hybridized carbons (Fsp3) is 0.481. The Hall–Kier alpha value is -2.46. The lowest BCUT2D eigenvalue weighted by Crippen LogP contribution is -2.47. The molecule has 0 amide bonds. The molecule has 2 aliphatic rings. The molecule has 1 aromatic heterocycles. The van der Waals surface area contributed by atoms with Crippen molar-refractivity contribution < 1.29 is 17.7 Å². The normalized spacial score (nSPS) is 18.6. The Morgan fingerprint density at radius 3 is 2.41 bits per heavy atom. The summed E-state index contributed by atoms with van der Waals surface area (Å²) in [6, 6.07) is 13.5. The van der Waals surface area contributed by atoms with E-state index >= 15 is 0 Å². The van der Waals surface area contributed by atoms with E-state index in [1.807, 2.05) is 12.1 Å². The zero-order valence-electron chi connectivity index (χ0n) is 20.6. The Bertz CT molecular complexity index is 1170. The highest BCUT2D eigenvalue weighted by Crippen LogP contribution is 2.47. The van der Waals surface area contributed by atoms with Crippen molar-refractivity contribution in [2.45, 2.75) is 43.9 Å². The van der Waals surface area contributed by atoms with E-state index in [2.05, 4.69) is 32.4 Å². The van der Waals surface area contributed by atoms with Crippen molar-refractivity contribution in [3.63, 3.8) is 0 Å². The summed E-state index contributed by atoms with van der Waals surface area (Å²) in [6.07, 6.45) is -1.17. The van der Waals surface area contributed by atoms with Gasteiger partial charge in [-0.3, -0.25) is 9.80 Å². The minimum atomic E-state index is -4.31. The number of halogens is 4. The maximum atomic E-state index is 13.0. The number of benzene rings is 2. The number of aromatic nitrogens is 2. The number of hydrogen-bond acceptors (Lipinski definition) is 6. The van der Waals surface area contributed by atoms with Gasteiger partial charge in [-0.1, -0.05) is 53.5 Å². The molecule has 1 aliphatic heterocycles. The van der Waals surface area contributed by atoms with Gasteiger partial charge in [0.2, 0.25) is 5.89 Å². The Morgan fingerprint density at radius 1 is 1.00 bits per heavy atom. The maximum absolute atomic E-state index is 13.0. The molecule has 198 valence electrons. The van der Waals surface area contributed by atoms with Crippen LogP contribution in [0.4, 0.5) is 13.2 Å². The highest BCUT2D eigenvalue weighted by Gasteiger charge is 2.44. The molecule has 2 fully saturated rings. The second-order valence-electron chi connectivity index (χ2n) is 9.95. The van der Waals surface area contributed by atoms with Gasteiger partial charge in [-0.25, -0.2) is 0 Å². The minimum Gasteiger partial charge on any atom is -0.338 e. The van der Waals surface area contributed by atoms with E-state index in [1.165, 1.54) is 17.7 Å². The van der Waals surface area contributed by atoms with Gasteiger partial charge < -0.3 is 9.84 Å². The van der Waals surface area contributed by atoms with Crippen LogP contribution in [0.25, 0.3) is 0 Å². The summed E-state index contributed by atoms with van der Waals surface area (Å²) < 4.78 is 44.4. The van der Waals surface area contributed by atoms with E-state index in [-0.39, 0.29) is 5.41 Å². The first-order chi connectivity index (χ1) is 17.8. The molecule has 1 saturated heterocycles. The van der Waals surface area contributed by atoms with Gasteiger partial charge in [-0.2, -0.15) is 18.2 Å². The second kappa shape index (κ2) is 11.1. The van der Waals surface area contributed by atoms with Gasteiger partial charge >= 0.3 is 6.18 Å². The highest BCUT2D eigenvalue weighted by molar-refractivity contribution is 6.30. The Balaban J connectivity index is 1.04. The average molecular weight is 534 g/mol. The van der Waals surface area contributed by atoms with Gasteiger partial charge in [0.15, 0.2) is 5.82 Å². The number of alkyl halides is 3. The SMILES string of the molecule is FC(F)(F)c1cccc(CN2CCN(CCNCc3nc(C4(c5ccc(Cl)cc5)CCC4)no3)CC2)c1. The Morgan fingerprint density at radius 2 is 1.73 bits per heavy atom. The van der Waals surface area contributed by atoms with Gasteiger partial charge in [0.05, 0.1) is 17.5 Å². The van der Waals surface area contributed by atoms with Crippen LogP contribution in [0.5, 0.6) is 0 Å². The lowest BCUT2D eigenvalue weighted by molar-refractivity contribution is -0.137. The summed E-state index contributed by atoms with van der Waals surface area (Å²) in [6.45, 7) is 6.14. The fourth-order valence-corrected chi connectivity index (χ4v) is 5.30. The first kappa shape index (κ1) is 26.2. The molecule has 1 saturated carbocycles. The summed E-state index contributed by atoms with van der Waals surface area (Å²) in [7, 11) is 0. The molecule has 6 nitrogen and oxygen atoms in total. The quantitative estimate of drug-likeness (QED) is 0.385. The smallest absolute Gasteiger partial charge is 0.338 e. The molecule has 0 bridgehead atoms. The van der Waals surface area contributed by atoms with Crippen LogP contribution in [0.2, 0.25) is 5.02 Å². The second-order valence-corrected chi connectivity index (χ2v) is 10.4. The third-order valence-corrected chi connectivity index (χ3v) is 7.76. The van der Waals surface area contributed by atoms with Crippen LogP contribution in [0, 0.1) is 0 Å². The maximum Gasteiger partial charge on any atom is 0.416 e. The van der Waals surface area contributed by atoms with E-state index in [9.17, 15) is 13.2 Å². The molecule has 37 heavy (non-hydrogen) atoms. The van der Waals surface area contributed by atoms with Gasteiger partial charge in [0.25, 0.3) is 0 Å². The van der Waals surface area contributed by atoms with E-state index in [4.69, 9.17) is 21.1 Å². The van der Waals surface area contributed by atoms with Crippen LogP contribution in [0.15, 0.2) is 53.1 Å². The number of piperazine rings is 1. The largest absolute Gasteiger partial charge is 0.416 e. The fourth-order valence-electron chi connectivity index (χ4n) is 5.17. The van der Waals surface area contributed by atoms with E-state index < -0.39 is 11.7 Å². The lowest BCUT2D eigenvalue weighted by atomic mass is 9.64. The molecule has 0 radical (unpaired) electrons. The highest BCUT2D eigenvalue weighted by atomic mass is 35.5. The minimum absolute atomic E-state index is 0.180. The third-order valence-electron chi connectivity index (χ3n) is 7.51. The number of nitrogens with one attached hydrogen (secondary N) is 1. The van der Waals surface area contributed by atoms with Crippen LogP contribution in [0.3, 0.4) is 0 Å². The topological polar surface area (TPSA) is 57.4 Å². The van der Waals surface area contributed by atoms with Crippen molar-refractivity contribution in [3.05, 3.63) is 82.0 Å². The van der Waals surface area contributed by atoms with E-state index in [0.717, 1.165) is 70.4 Å². The lowest BCUT2D eigenvalue weighted by Gasteiger charge is -2.39. The molecule has 0 atom stereocenters. The molecule has 2 heterocycles. The van der Waals surface area contributed by atoms with Gasteiger partial charge in [0.1, 0.15) is 0 Å². The molecule has 2 aromatic carbocycles. The predicted molar refractivity (Wildman–Crippen MR) is 135 cm³/mol. The third kappa shape index (κ3) is 6.17. The summed E-state index contributed by atoms with van der Waals surface area (Å²) in [5.41, 5.74) is 1.11. The predicted octanol–water partition coefficient (Wildman–Crippen LogP) is 5.12. The van der Waals surface area contributed by atoms with Crippen molar-refractivity contribution in [2.24, 2.45) is 0 Å². The first-order valence-electron chi connectivity index (χ1n) is 12.7. The number of rotatable bonds is 9. The molecule has 3 aromatic rings. The standard InChI is InChI=1S/C27H31ClF3N5O/c28-23-7-5-21(6-8-23)26(9-2-10-26)25-33-24(37-34-25)18-32-11-12-35-13-15-36(16-14-35)19-20-3-1-4-22(17-20)27(29,30)31/h1,3-8,17,32H,2,9-16,18-19H2. The summed E-state index contributed by atoms with van der Waals surface area (Å²) in [5, 5.41) is 8.41. The monoisotopic (exact) mass is 533 g/mol. The van der Waals surface area contributed by atoms with Gasteiger partial charge in [0, 0.05) is 50.8 Å². The van der Waals surface area contributed by atoms with Crippen molar-refractivity contribution in [1.29, 1.82) is 0 Å². The van der Waals surface area contributed by atoms with Gasteiger partial charge in [-0.05, 0) is 42.2 Å². The van der Waals surface area contributed by atoms with E-state index in [0.29, 0.717) is 29.6 Å². The molecule has 10 heteroatoms. The Kier molecular flexibility index (Phi) is 7.85. The van der Waals surface area contributed by atoms with Crippen LogP contribution in [0.1, 0.15) is 47.7 Å². The van der Waals surface area contributed by atoms with Crippen molar-refractivity contribution in [1.82, 2.24) is 25.3 Å². The zero-order valence-corrected chi connectivity index (χ0v) is 21.4. The van der Waals surface area contributed by atoms with E-state index in [1.54, 1.807) is 6.07 Å². The van der Waals surface area contributed by atoms with Crippen molar-refractivity contribution >= 4 is 11.6 Å². The van der Waals surface area contributed by atoms with Gasteiger partial charge in [-0.15, -0.1) is 0 Å². The number of nitrogens with zero attached hydrogens (tertiary/aromatic N) is 4. The molecule has 5 rings (SSSR count). The summed E-state index contributed by atoms with van der Waals surface area (Å²) >= 11 is 6.06. The van der Waals surface area contributed by atoms with Crippen LogP contribution in [-0.4, -0.2) is 59.2 Å².